The first-order valence-corrected chi connectivity index (χ1v) is 9.85. The molecule has 0 bridgehead atoms. The van der Waals surface area contributed by atoms with Crippen molar-refractivity contribution in [3.63, 3.8) is 0 Å². The van der Waals surface area contributed by atoms with E-state index < -0.39 is 34.1 Å². The number of hydrogen-bond acceptors (Lipinski definition) is 6. The third-order valence-electron chi connectivity index (χ3n) is 4.62. The lowest BCUT2D eigenvalue weighted by Crippen LogP contribution is -2.33. The van der Waals surface area contributed by atoms with E-state index in [1.54, 1.807) is 13.0 Å². The second-order valence-corrected chi connectivity index (χ2v) is 7.42. The number of aryl methyl sites for hydroxylation is 1. The summed E-state index contributed by atoms with van der Waals surface area (Å²) in [5.74, 6) is -1.41. The van der Waals surface area contributed by atoms with E-state index in [4.69, 9.17) is 21.6 Å². The Morgan fingerprint density at radius 3 is 2.41 bits per heavy atom. The minimum absolute atomic E-state index is 0.0390. The number of H-pyrrole nitrogens is 1. The minimum atomic E-state index is -0.917. The molecule has 0 unspecified atom stereocenters. The number of nitriles is 1. The highest BCUT2D eigenvalue weighted by Crippen LogP contribution is 2.34. The molecule has 34 heavy (non-hydrogen) atoms. The molecule has 4 aromatic rings. The van der Waals surface area contributed by atoms with E-state index >= 15 is 0 Å². The van der Waals surface area contributed by atoms with E-state index in [1.807, 2.05) is 4.98 Å². The molecule has 0 spiro atoms. The summed E-state index contributed by atoms with van der Waals surface area (Å²) in [5, 5.41) is 12.8. The Hall–Kier alpha value is -4.56. The largest absolute Gasteiger partial charge is 0.454 e. The Kier molecular flexibility index (Phi) is 5.83. The van der Waals surface area contributed by atoms with Crippen LogP contribution in [0.4, 0.5) is 8.78 Å². The van der Waals surface area contributed by atoms with Crippen LogP contribution in [0, 0.1) is 29.9 Å². The van der Waals surface area contributed by atoms with Gasteiger partial charge in [-0.3, -0.25) is 19.1 Å². The number of pyridine rings is 1. The first-order chi connectivity index (χ1) is 16.2. The third kappa shape index (κ3) is 4.35. The normalized spacial score (nSPS) is 10.7. The van der Waals surface area contributed by atoms with Crippen molar-refractivity contribution < 1.29 is 13.5 Å². The summed E-state index contributed by atoms with van der Waals surface area (Å²) in [6.45, 7) is 1.62. The molecule has 0 radical (unpaired) electrons. The summed E-state index contributed by atoms with van der Waals surface area (Å²) in [4.78, 5) is 37.9. The molecule has 9 nitrogen and oxygen atoms in total. The number of aromatic amines is 1. The zero-order chi connectivity index (χ0) is 24.6. The van der Waals surface area contributed by atoms with E-state index in [1.165, 1.54) is 24.4 Å². The van der Waals surface area contributed by atoms with Gasteiger partial charge in [-0.25, -0.2) is 13.6 Å². The molecular weight excluding hydrogens is 472 g/mol. The van der Waals surface area contributed by atoms with Crippen LogP contribution in [0.2, 0.25) is 5.02 Å². The number of benzene rings is 2. The summed E-state index contributed by atoms with van der Waals surface area (Å²) in [5.41, 5.74) is -2.29. The summed E-state index contributed by atoms with van der Waals surface area (Å²) in [6, 6.07) is 9.57. The predicted molar refractivity (Wildman–Crippen MR) is 117 cm³/mol. The van der Waals surface area contributed by atoms with Crippen molar-refractivity contribution in [3.05, 3.63) is 108 Å². The number of ether oxygens (including phenoxy) is 1. The molecule has 0 aliphatic carbocycles. The Morgan fingerprint density at radius 2 is 1.76 bits per heavy atom. The lowest BCUT2D eigenvalue weighted by molar-refractivity contribution is 0.474. The van der Waals surface area contributed by atoms with Gasteiger partial charge in [0.1, 0.15) is 29.2 Å². The molecule has 0 aliphatic heterocycles. The van der Waals surface area contributed by atoms with Crippen LogP contribution < -0.4 is 21.5 Å². The lowest BCUT2D eigenvalue weighted by Gasteiger charge is -2.14. The summed E-state index contributed by atoms with van der Waals surface area (Å²) < 4.78 is 34.8. The number of nitrogens with one attached hydrogen (secondary N) is 1. The van der Waals surface area contributed by atoms with Crippen LogP contribution in [0.25, 0.3) is 11.4 Å². The fourth-order valence-corrected chi connectivity index (χ4v) is 3.44. The number of halogens is 3. The molecule has 2 aromatic heterocycles. The Balaban J connectivity index is 1.74. The van der Waals surface area contributed by atoms with Gasteiger partial charge in [0, 0.05) is 12.1 Å². The van der Waals surface area contributed by atoms with Crippen molar-refractivity contribution in [2.24, 2.45) is 0 Å². The van der Waals surface area contributed by atoms with Crippen molar-refractivity contribution in [2.45, 2.75) is 6.92 Å². The second-order valence-electron chi connectivity index (χ2n) is 7.01. The van der Waals surface area contributed by atoms with Crippen LogP contribution in [0.1, 0.15) is 11.3 Å². The Labute approximate surface area is 193 Å². The highest BCUT2D eigenvalue weighted by Gasteiger charge is 2.15. The van der Waals surface area contributed by atoms with Gasteiger partial charge in [0.2, 0.25) is 5.69 Å². The average Bonchev–Trinajstić information content (AvgIpc) is 2.76. The van der Waals surface area contributed by atoms with Gasteiger partial charge in [0.05, 0.1) is 22.6 Å². The molecule has 0 saturated carbocycles. The van der Waals surface area contributed by atoms with E-state index in [2.05, 4.69) is 5.10 Å². The predicted octanol–water partition coefficient (Wildman–Crippen LogP) is 2.98. The van der Waals surface area contributed by atoms with Crippen molar-refractivity contribution in [3.8, 4) is 28.9 Å². The molecule has 4 rings (SSSR count). The monoisotopic (exact) mass is 483 g/mol. The molecule has 0 saturated heterocycles. The molecule has 0 fully saturated rings. The van der Waals surface area contributed by atoms with Gasteiger partial charge in [0.25, 0.3) is 11.1 Å². The van der Waals surface area contributed by atoms with E-state index in [9.17, 15) is 23.2 Å². The SMILES string of the molecule is Cc1cc(-n2nc(C#N)c(=O)[nH]c2=O)cc(Cl)c1Oc1ccc(=O)n(-c2cc(F)cc(F)c2)c1. The van der Waals surface area contributed by atoms with Crippen molar-refractivity contribution in [1.82, 2.24) is 19.3 Å². The zero-order valence-electron chi connectivity index (χ0n) is 17.2. The highest BCUT2D eigenvalue weighted by molar-refractivity contribution is 6.32. The van der Waals surface area contributed by atoms with Gasteiger partial charge in [-0.2, -0.15) is 9.94 Å². The second kappa shape index (κ2) is 8.76. The zero-order valence-corrected chi connectivity index (χ0v) is 17.9. The summed E-state index contributed by atoms with van der Waals surface area (Å²) in [6.07, 6.45) is 1.24. The van der Waals surface area contributed by atoms with Gasteiger partial charge in [-0.15, -0.1) is 5.10 Å². The van der Waals surface area contributed by atoms with Crippen LogP contribution in [0.15, 0.2) is 63.0 Å². The van der Waals surface area contributed by atoms with Gasteiger partial charge in [-0.05, 0) is 42.8 Å². The van der Waals surface area contributed by atoms with Crippen LogP contribution in [0.3, 0.4) is 0 Å². The van der Waals surface area contributed by atoms with E-state index in [0.29, 0.717) is 11.6 Å². The van der Waals surface area contributed by atoms with E-state index in [-0.39, 0.29) is 27.9 Å². The van der Waals surface area contributed by atoms with Crippen LogP contribution in [0.5, 0.6) is 11.5 Å². The topological polar surface area (TPSA) is 123 Å². The molecule has 1 N–H and O–H groups in total. The molecular formula is C22H12ClF2N5O4. The van der Waals surface area contributed by atoms with Gasteiger partial charge in [-0.1, -0.05) is 11.6 Å². The highest BCUT2D eigenvalue weighted by atomic mass is 35.5. The maximum Gasteiger partial charge on any atom is 0.349 e. The lowest BCUT2D eigenvalue weighted by atomic mass is 10.2. The number of rotatable bonds is 4. The average molecular weight is 484 g/mol. The fraction of sp³-hybridized carbons (Fsp3) is 0.0455. The minimum Gasteiger partial charge on any atom is -0.454 e. The van der Waals surface area contributed by atoms with Gasteiger partial charge in [0.15, 0.2) is 0 Å². The van der Waals surface area contributed by atoms with E-state index in [0.717, 1.165) is 27.4 Å². The van der Waals surface area contributed by atoms with Crippen LogP contribution >= 0.6 is 11.6 Å². The summed E-state index contributed by atoms with van der Waals surface area (Å²) >= 11 is 6.35. The number of nitrogens with zero attached hydrogens (tertiary/aromatic N) is 4. The van der Waals surface area contributed by atoms with Gasteiger partial charge >= 0.3 is 5.69 Å². The summed E-state index contributed by atoms with van der Waals surface area (Å²) in [7, 11) is 0. The van der Waals surface area contributed by atoms with Crippen molar-refractivity contribution in [2.75, 3.05) is 0 Å². The molecule has 0 amide bonds. The molecule has 170 valence electrons. The molecule has 12 heteroatoms. The fourth-order valence-electron chi connectivity index (χ4n) is 3.14. The Bertz CT molecular complexity index is 1630. The quantitative estimate of drug-likeness (QED) is 0.476. The first kappa shape index (κ1) is 22.6. The molecule has 0 atom stereocenters. The third-order valence-corrected chi connectivity index (χ3v) is 4.90. The first-order valence-electron chi connectivity index (χ1n) is 9.47. The molecule has 0 aliphatic rings. The standard InChI is InChI=1S/C22H12ClF2N5O4/c1-11-4-15(30-22(33)27-21(32)18(9-26)28-30)8-17(23)20(11)34-16-2-3-19(31)29(10-16)14-6-12(24)5-13(25)7-14/h2-8,10H,1H3,(H,27,32,33). The maximum atomic E-state index is 13.6. The number of hydrogen-bond donors (Lipinski definition) is 1. The van der Waals surface area contributed by atoms with Crippen molar-refractivity contribution in [1.29, 1.82) is 5.26 Å². The van der Waals surface area contributed by atoms with Crippen LogP contribution in [-0.4, -0.2) is 19.3 Å². The van der Waals surface area contributed by atoms with Crippen LogP contribution in [-0.2, 0) is 0 Å². The smallest absolute Gasteiger partial charge is 0.349 e. The number of aromatic nitrogens is 4. The van der Waals surface area contributed by atoms with Crippen molar-refractivity contribution >= 4 is 11.6 Å². The Morgan fingerprint density at radius 1 is 1.06 bits per heavy atom. The molecule has 2 aromatic carbocycles. The van der Waals surface area contributed by atoms with Gasteiger partial charge < -0.3 is 4.74 Å². The maximum absolute atomic E-state index is 13.6. The molecule has 2 heterocycles.